The number of amidine groups is 1. The largest absolute Gasteiger partial charge is 0.489 e. The van der Waals surface area contributed by atoms with Crippen LogP contribution in [0.1, 0.15) is 11.1 Å². The van der Waals surface area contributed by atoms with Crippen molar-refractivity contribution in [3.8, 4) is 5.75 Å². The fourth-order valence-corrected chi connectivity index (χ4v) is 3.69. The van der Waals surface area contributed by atoms with Crippen molar-refractivity contribution in [3.63, 3.8) is 0 Å². The van der Waals surface area contributed by atoms with Crippen LogP contribution in [0, 0.1) is 5.82 Å². The molecule has 3 aromatic rings. The average molecular weight is 439 g/mol. The van der Waals surface area contributed by atoms with Crippen molar-refractivity contribution in [1.82, 2.24) is 5.32 Å². The van der Waals surface area contributed by atoms with Gasteiger partial charge in [0.05, 0.1) is 10.6 Å². The zero-order valence-corrected chi connectivity index (χ0v) is 17.2. The Morgan fingerprint density at radius 1 is 1.07 bits per heavy atom. The molecule has 1 aliphatic rings. The molecule has 0 bridgehead atoms. The van der Waals surface area contributed by atoms with E-state index in [2.05, 4.69) is 10.3 Å². The third-order valence-electron chi connectivity index (χ3n) is 4.18. The monoisotopic (exact) mass is 438 g/mol. The highest BCUT2D eigenvalue weighted by Crippen LogP contribution is 2.29. The molecule has 150 valence electrons. The van der Waals surface area contributed by atoms with Crippen LogP contribution in [0.5, 0.6) is 5.75 Å². The number of halogens is 2. The number of benzene rings is 3. The van der Waals surface area contributed by atoms with E-state index in [9.17, 15) is 9.18 Å². The number of carbonyl (C=O) groups excluding carboxylic acids is 1. The molecule has 7 heteroatoms. The SMILES string of the molecule is O=C1NC(=Nc2ccc(Cl)cc2)S/C1=C\c1ccc(OCc2cccc(F)c2)cc1. The highest BCUT2D eigenvalue weighted by atomic mass is 35.5. The summed E-state index contributed by atoms with van der Waals surface area (Å²) in [5.41, 5.74) is 2.33. The Kier molecular flexibility index (Phi) is 6.16. The van der Waals surface area contributed by atoms with Crippen LogP contribution in [-0.2, 0) is 11.4 Å². The van der Waals surface area contributed by atoms with E-state index in [0.717, 1.165) is 11.1 Å². The first kappa shape index (κ1) is 20.2. The van der Waals surface area contributed by atoms with Crippen LogP contribution in [0.2, 0.25) is 5.02 Å². The number of ether oxygens (including phenoxy) is 1. The summed E-state index contributed by atoms with van der Waals surface area (Å²) in [6.45, 7) is 0.279. The minimum atomic E-state index is -0.288. The maximum Gasteiger partial charge on any atom is 0.264 e. The quantitative estimate of drug-likeness (QED) is 0.501. The van der Waals surface area contributed by atoms with Gasteiger partial charge in [-0.05, 0) is 77.5 Å². The molecule has 0 radical (unpaired) electrons. The normalized spacial score (nSPS) is 16.1. The molecule has 1 amide bonds. The van der Waals surface area contributed by atoms with Crippen LogP contribution in [0.25, 0.3) is 6.08 Å². The molecule has 1 saturated heterocycles. The Labute approximate surface area is 182 Å². The van der Waals surface area contributed by atoms with Crippen LogP contribution in [0.3, 0.4) is 0 Å². The molecule has 0 saturated carbocycles. The minimum Gasteiger partial charge on any atom is -0.489 e. The summed E-state index contributed by atoms with van der Waals surface area (Å²) in [7, 11) is 0. The minimum absolute atomic E-state index is 0.195. The molecule has 30 heavy (non-hydrogen) atoms. The maximum atomic E-state index is 13.2. The van der Waals surface area contributed by atoms with Crippen molar-refractivity contribution in [3.05, 3.63) is 99.7 Å². The molecular formula is C23H16ClFN2O2S. The van der Waals surface area contributed by atoms with Gasteiger partial charge in [-0.25, -0.2) is 9.38 Å². The van der Waals surface area contributed by atoms with Crippen LogP contribution in [0.15, 0.2) is 82.7 Å². The van der Waals surface area contributed by atoms with Gasteiger partial charge in [0.15, 0.2) is 5.17 Å². The van der Waals surface area contributed by atoms with Crippen molar-refractivity contribution in [2.45, 2.75) is 6.61 Å². The number of nitrogens with zero attached hydrogens (tertiary/aromatic N) is 1. The van der Waals surface area contributed by atoms with Gasteiger partial charge < -0.3 is 10.1 Å². The molecule has 1 heterocycles. The number of nitrogens with one attached hydrogen (secondary N) is 1. The Balaban J connectivity index is 1.40. The van der Waals surface area contributed by atoms with Crippen LogP contribution < -0.4 is 10.1 Å². The van der Waals surface area contributed by atoms with Crippen molar-refractivity contribution in [2.75, 3.05) is 0 Å². The Morgan fingerprint density at radius 2 is 1.83 bits per heavy atom. The zero-order chi connectivity index (χ0) is 20.9. The van der Waals surface area contributed by atoms with E-state index in [-0.39, 0.29) is 18.3 Å². The summed E-state index contributed by atoms with van der Waals surface area (Å²) in [6, 6.07) is 20.7. The molecule has 4 nitrogen and oxygen atoms in total. The second-order valence-electron chi connectivity index (χ2n) is 6.45. The molecule has 1 fully saturated rings. The van der Waals surface area contributed by atoms with Gasteiger partial charge in [0.2, 0.25) is 0 Å². The van der Waals surface area contributed by atoms with E-state index in [4.69, 9.17) is 16.3 Å². The number of aliphatic imine (C=N–C) groups is 1. The van der Waals surface area contributed by atoms with Gasteiger partial charge in [-0.15, -0.1) is 0 Å². The van der Waals surface area contributed by atoms with E-state index >= 15 is 0 Å². The highest BCUT2D eigenvalue weighted by Gasteiger charge is 2.23. The lowest BCUT2D eigenvalue weighted by atomic mass is 10.2. The molecular weight excluding hydrogens is 423 g/mol. The van der Waals surface area contributed by atoms with Crippen molar-refractivity contribution in [2.24, 2.45) is 4.99 Å². The lowest BCUT2D eigenvalue weighted by molar-refractivity contribution is -0.115. The number of carbonyl (C=O) groups is 1. The fourth-order valence-electron chi connectivity index (χ4n) is 2.72. The molecule has 0 aromatic heterocycles. The second-order valence-corrected chi connectivity index (χ2v) is 7.91. The molecule has 3 aromatic carbocycles. The Morgan fingerprint density at radius 3 is 2.57 bits per heavy atom. The van der Waals surface area contributed by atoms with Gasteiger partial charge in [-0.3, -0.25) is 4.79 Å². The Hall–Kier alpha value is -3.09. The standard InChI is InChI=1S/C23H16ClFN2O2S/c24-17-6-8-19(9-7-17)26-23-27-22(28)21(30-23)13-15-4-10-20(11-5-15)29-14-16-2-1-3-18(25)12-16/h1-13H,14H2,(H,26,27,28)/b21-13-. The third-order valence-corrected chi connectivity index (χ3v) is 5.34. The molecule has 0 atom stereocenters. The fraction of sp³-hybridized carbons (Fsp3) is 0.0435. The van der Waals surface area contributed by atoms with Crippen molar-refractivity contribution < 1.29 is 13.9 Å². The van der Waals surface area contributed by atoms with E-state index in [0.29, 0.717) is 26.5 Å². The predicted octanol–water partition coefficient (Wildman–Crippen LogP) is 5.95. The predicted molar refractivity (Wildman–Crippen MR) is 119 cm³/mol. The van der Waals surface area contributed by atoms with Crippen molar-refractivity contribution >= 4 is 46.2 Å². The summed E-state index contributed by atoms with van der Waals surface area (Å²) in [5.74, 6) is 0.179. The molecule has 0 aliphatic carbocycles. The first-order valence-corrected chi connectivity index (χ1v) is 10.3. The maximum absolute atomic E-state index is 13.2. The van der Waals surface area contributed by atoms with Gasteiger partial charge in [0, 0.05) is 5.02 Å². The van der Waals surface area contributed by atoms with E-state index in [1.54, 1.807) is 42.5 Å². The number of thioether (sulfide) groups is 1. The number of hydrogen-bond acceptors (Lipinski definition) is 4. The van der Waals surface area contributed by atoms with Crippen molar-refractivity contribution in [1.29, 1.82) is 0 Å². The number of rotatable bonds is 5. The lowest BCUT2D eigenvalue weighted by Gasteiger charge is -2.06. The average Bonchev–Trinajstić information content (AvgIpc) is 3.08. The van der Waals surface area contributed by atoms with Gasteiger partial charge >= 0.3 is 0 Å². The molecule has 0 spiro atoms. The number of hydrogen-bond donors (Lipinski definition) is 1. The van der Waals surface area contributed by atoms with Crippen LogP contribution in [0.4, 0.5) is 10.1 Å². The molecule has 1 aliphatic heterocycles. The summed E-state index contributed by atoms with van der Waals surface area (Å²) >= 11 is 7.15. The lowest BCUT2D eigenvalue weighted by Crippen LogP contribution is -2.19. The third kappa shape index (κ3) is 5.28. The molecule has 0 unspecified atom stereocenters. The summed E-state index contributed by atoms with van der Waals surface area (Å²) in [6.07, 6.45) is 1.79. The second kappa shape index (κ2) is 9.15. The number of amides is 1. The van der Waals surface area contributed by atoms with Gasteiger partial charge in [-0.1, -0.05) is 35.9 Å². The highest BCUT2D eigenvalue weighted by molar-refractivity contribution is 8.18. The van der Waals surface area contributed by atoms with Crippen LogP contribution in [-0.4, -0.2) is 11.1 Å². The van der Waals surface area contributed by atoms with E-state index in [1.807, 2.05) is 24.3 Å². The van der Waals surface area contributed by atoms with Gasteiger partial charge in [0.1, 0.15) is 18.2 Å². The van der Waals surface area contributed by atoms with Crippen LogP contribution >= 0.6 is 23.4 Å². The molecule has 1 N–H and O–H groups in total. The first-order chi connectivity index (χ1) is 14.5. The van der Waals surface area contributed by atoms with Gasteiger partial charge in [-0.2, -0.15) is 0 Å². The Bertz CT molecular complexity index is 1130. The summed E-state index contributed by atoms with van der Waals surface area (Å²) in [4.78, 5) is 17.2. The van der Waals surface area contributed by atoms with Gasteiger partial charge in [0.25, 0.3) is 5.91 Å². The van der Waals surface area contributed by atoms with E-state index in [1.165, 1.54) is 23.9 Å². The topological polar surface area (TPSA) is 50.7 Å². The summed E-state index contributed by atoms with van der Waals surface area (Å²) in [5, 5.41) is 3.91. The van der Waals surface area contributed by atoms with E-state index < -0.39 is 0 Å². The first-order valence-electron chi connectivity index (χ1n) is 9.08. The zero-order valence-electron chi connectivity index (χ0n) is 15.6. The molecule has 4 rings (SSSR count). The summed E-state index contributed by atoms with van der Waals surface area (Å²) < 4.78 is 18.9. The smallest absolute Gasteiger partial charge is 0.264 e.